The monoisotopic (exact) mass is 185 g/mol. The van der Waals surface area contributed by atoms with E-state index < -0.39 is 0 Å². The molecule has 1 heterocycles. The van der Waals surface area contributed by atoms with Gasteiger partial charge in [-0.3, -0.25) is 4.68 Å². The summed E-state index contributed by atoms with van der Waals surface area (Å²) in [5.74, 6) is 1.41. The van der Waals surface area contributed by atoms with Crippen LogP contribution < -0.4 is 0 Å². The van der Waals surface area contributed by atoms with Gasteiger partial charge in [-0.2, -0.15) is 0 Å². The number of aryl methyl sites for hydroxylation is 1. The van der Waals surface area contributed by atoms with E-state index in [0.29, 0.717) is 5.88 Å². The SMILES string of the molecule is ClCc1cn(CCC2CC2)nn1. The molecule has 1 aliphatic rings. The molecule has 0 saturated heterocycles. The van der Waals surface area contributed by atoms with E-state index in [0.717, 1.165) is 18.2 Å². The lowest BCUT2D eigenvalue weighted by molar-refractivity contribution is 0.531. The zero-order valence-electron chi connectivity index (χ0n) is 6.91. The fourth-order valence-electron chi connectivity index (χ4n) is 1.23. The fraction of sp³-hybridized carbons (Fsp3) is 0.750. The molecule has 1 aromatic rings. The Balaban J connectivity index is 1.84. The number of aromatic nitrogens is 3. The molecule has 2 rings (SSSR count). The van der Waals surface area contributed by atoms with Crippen molar-refractivity contribution in [1.82, 2.24) is 15.0 Å². The van der Waals surface area contributed by atoms with Crippen molar-refractivity contribution in [2.45, 2.75) is 31.7 Å². The summed E-state index contributed by atoms with van der Waals surface area (Å²) < 4.78 is 1.88. The normalized spacial score (nSPS) is 16.8. The summed E-state index contributed by atoms with van der Waals surface area (Å²) >= 11 is 5.60. The highest BCUT2D eigenvalue weighted by molar-refractivity contribution is 6.16. The molecule has 1 aromatic heterocycles. The molecular formula is C8H12ClN3. The summed E-state index contributed by atoms with van der Waals surface area (Å²) in [6, 6.07) is 0. The second-order valence-electron chi connectivity index (χ2n) is 3.34. The Hall–Kier alpha value is -0.570. The van der Waals surface area contributed by atoms with Crippen LogP contribution in [0.25, 0.3) is 0 Å². The summed E-state index contributed by atoms with van der Waals surface area (Å²) in [6.45, 7) is 0.995. The quantitative estimate of drug-likeness (QED) is 0.670. The van der Waals surface area contributed by atoms with Crippen LogP contribution in [0.2, 0.25) is 0 Å². The maximum Gasteiger partial charge on any atom is 0.0974 e. The van der Waals surface area contributed by atoms with E-state index in [4.69, 9.17) is 11.6 Å². The molecule has 0 aromatic carbocycles. The predicted octanol–water partition coefficient (Wildman–Crippen LogP) is 1.82. The highest BCUT2D eigenvalue weighted by atomic mass is 35.5. The molecule has 0 radical (unpaired) electrons. The van der Waals surface area contributed by atoms with E-state index in [1.165, 1.54) is 19.3 Å². The second-order valence-corrected chi connectivity index (χ2v) is 3.61. The maximum atomic E-state index is 5.60. The zero-order valence-corrected chi connectivity index (χ0v) is 7.67. The molecule has 12 heavy (non-hydrogen) atoms. The van der Waals surface area contributed by atoms with Crippen molar-refractivity contribution in [2.75, 3.05) is 0 Å². The molecule has 1 saturated carbocycles. The van der Waals surface area contributed by atoms with Gasteiger partial charge in [0.05, 0.1) is 11.6 Å². The molecule has 0 spiro atoms. The Morgan fingerprint density at radius 3 is 3.00 bits per heavy atom. The zero-order chi connectivity index (χ0) is 8.39. The Morgan fingerprint density at radius 2 is 2.42 bits per heavy atom. The first-order valence-corrected chi connectivity index (χ1v) is 4.87. The van der Waals surface area contributed by atoms with Gasteiger partial charge in [0.25, 0.3) is 0 Å². The molecule has 0 N–H and O–H groups in total. The minimum atomic E-state index is 0.462. The van der Waals surface area contributed by atoms with Crippen molar-refractivity contribution < 1.29 is 0 Å². The van der Waals surface area contributed by atoms with Gasteiger partial charge in [0.15, 0.2) is 0 Å². The summed E-state index contributed by atoms with van der Waals surface area (Å²) in [4.78, 5) is 0. The summed E-state index contributed by atoms with van der Waals surface area (Å²) in [7, 11) is 0. The Morgan fingerprint density at radius 1 is 1.58 bits per heavy atom. The van der Waals surface area contributed by atoms with Gasteiger partial charge in [-0.05, 0) is 12.3 Å². The van der Waals surface area contributed by atoms with Crippen LogP contribution in [-0.4, -0.2) is 15.0 Å². The third-order valence-corrected chi connectivity index (χ3v) is 2.46. The van der Waals surface area contributed by atoms with E-state index in [9.17, 15) is 0 Å². The van der Waals surface area contributed by atoms with Crippen LogP contribution in [0, 0.1) is 5.92 Å². The predicted molar refractivity (Wildman–Crippen MR) is 46.9 cm³/mol. The molecule has 0 atom stereocenters. The van der Waals surface area contributed by atoms with Crippen LogP contribution in [0.5, 0.6) is 0 Å². The van der Waals surface area contributed by atoms with Gasteiger partial charge in [-0.25, -0.2) is 0 Å². The van der Waals surface area contributed by atoms with Gasteiger partial charge in [0.1, 0.15) is 0 Å². The van der Waals surface area contributed by atoms with Crippen molar-refractivity contribution in [1.29, 1.82) is 0 Å². The van der Waals surface area contributed by atoms with Crippen molar-refractivity contribution >= 4 is 11.6 Å². The molecule has 3 nitrogen and oxygen atoms in total. The van der Waals surface area contributed by atoms with Crippen molar-refractivity contribution in [3.8, 4) is 0 Å². The molecular weight excluding hydrogens is 174 g/mol. The number of hydrogen-bond acceptors (Lipinski definition) is 2. The highest BCUT2D eigenvalue weighted by Gasteiger charge is 2.20. The molecule has 1 aliphatic carbocycles. The molecule has 0 amide bonds. The standard InChI is InChI=1S/C8H12ClN3/c9-5-8-6-12(11-10-8)4-3-7-1-2-7/h6-7H,1-5H2. The number of halogens is 1. The van der Waals surface area contributed by atoms with Gasteiger partial charge < -0.3 is 0 Å². The third kappa shape index (κ3) is 1.97. The van der Waals surface area contributed by atoms with E-state index in [1.54, 1.807) is 0 Å². The molecule has 1 fully saturated rings. The third-order valence-electron chi connectivity index (χ3n) is 2.19. The van der Waals surface area contributed by atoms with Gasteiger partial charge in [0.2, 0.25) is 0 Å². The van der Waals surface area contributed by atoms with Crippen molar-refractivity contribution in [3.05, 3.63) is 11.9 Å². The second kappa shape index (κ2) is 3.44. The molecule has 4 heteroatoms. The van der Waals surface area contributed by atoms with E-state index >= 15 is 0 Å². The van der Waals surface area contributed by atoms with Gasteiger partial charge in [-0.1, -0.05) is 18.1 Å². The first kappa shape index (κ1) is 8.05. The van der Waals surface area contributed by atoms with E-state index in [2.05, 4.69) is 10.3 Å². The lowest BCUT2D eigenvalue weighted by atomic mass is 10.3. The average Bonchev–Trinajstić information content (AvgIpc) is 2.81. The van der Waals surface area contributed by atoms with E-state index in [-0.39, 0.29) is 0 Å². The molecule has 0 bridgehead atoms. The minimum absolute atomic E-state index is 0.462. The number of alkyl halides is 1. The smallest absolute Gasteiger partial charge is 0.0974 e. The first-order chi connectivity index (χ1) is 5.88. The highest BCUT2D eigenvalue weighted by Crippen LogP contribution is 2.32. The Kier molecular flexibility index (Phi) is 2.30. The number of hydrogen-bond donors (Lipinski definition) is 0. The van der Waals surface area contributed by atoms with Gasteiger partial charge in [0, 0.05) is 12.7 Å². The number of nitrogens with zero attached hydrogens (tertiary/aromatic N) is 3. The minimum Gasteiger partial charge on any atom is -0.252 e. The van der Waals surface area contributed by atoms with Crippen LogP contribution >= 0.6 is 11.6 Å². The number of rotatable bonds is 4. The van der Waals surface area contributed by atoms with Crippen LogP contribution in [0.15, 0.2) is 6.20 Å². The summed E-state index contributed by atoms with van der Waals surface area (Å²) in [5.41, 5.74) is 0.868. The summed E-state index contributed by atoms with van der Waals surface area (Å²) in [6.07, 6.45) is 5.97. The average molecular weight is 186 g/mol. The molecule has 0 aliphatic heterocycles. The fourth-order valence-corrected chi connectivity index (χ4v) is 1.35. The summed E-state index contributed by atoms with van der Waals surface area (Å²) in [5, 5.41) is 7.88. The maximum absolute atomic E-state index is 5.60. The van der Waals surface area contributed by atoms with Crippen LogP contribution in [0.1, 0.15) is 25.0 Å². The molecule has 0 unspecified atom stereocenters. The van der Waals surface area contributed by atoms with Gasteiger partial charge >= 0.3 is 0 Å². The lowest BCUT2D eigenvalue weighted by Crippen LogP contribution is -1.99. The van der Waals surface area contributed by atoms with E-state index in [1.807, 2.05) is 10.9 Å². The van der Waals surface area contributed by atoms with Crippen LogP contribution in [-0.2, 0) is 12.4 Å². The van der Waals surface area contributed by atoms with Gasteiger partial charge in [-0.15, -0.1) is 16.7 Å². The lowest BCUT2D eigenvalue weighted by Gasteiger charge is -1.96. The Bertz CT molecular complexity index is 255. The largest absolute Gasteiger partial charge is 0.252 e. The molecule has 66 valence electrons. The van der Waals surface area contributed by atoms with Crippen LogP contribution in [0.4, 0.5) is 0 Å². The first-order valence-electron chi connectivity index (χ1n) is 4.33. The Labute approximate surface area is 76.7 Å². The van der Waals surface area contributed by atoms with Crippen molar-refractivity contribution in [3.63, 3.8) is 0 Å². The van der Waals surface area contributed by atoms with Crippen molar-refractivity contribution in [2.24, 2.45) is 5.92 Å². The van der Waals surface area contributed by atoms with Crippen LogP contribution in [0.3, 0.4) is 0 Å². The topological polar surface area (TPSA) is 30.7 Å².